The minimum Gasteiger partial charge on any atom is -0.351 e. The molecule has 1 saturated carbocycles. The van der Waals surface area contributed by atoms with Crippen molar-refractivity contribution in [3.8, 4) is 0 Å². The maximum atomic E-state index is 13.3. The van der Waals surface area contributed by atoms with Gasteiger partial charge in [-0.05, 0) is 36.6 Å². The van der Waals surface area contributed by atoms with Crippen molar-refractivity contribution < 1.29 is 14.0 Å². The fourth-order valence-corrected chi connectivity index (χ4v) is 3.55. The molecule has 12 heteroatoms. The number of hydrogen-bond acceptors (Lipinski definition) is 7. The van der Waals surface area contributed by atoms with Crippen molar-refractivity contribution in [3.63, 3.8) is 0 Å². The third-order valence-electron chi connectivity index (χ3n) is 4.78. The highest BCUT2D eigenvalue weighted by Gasteiger charge is 2.26. The average Bonchev–Trinajstić information content (AvgIpc) is 3.36. The van der Waals surface area contributed by atoms with E-state index in [1.165, 1.54) is 18.2 Å². The van der Waals surface area contributed by atoms with Gasteiger partial charge in [0, 0.05) is 22.6 Å². The molecule has 31 heavy (non-hydrogen) atoms. The molecule has 0 unspecified atom stereocenters. The van der Waals surface area contributed by atoms with Crippen LogP contribution in [0.25, 0.3) is 11.7 Å². The number of anilines is 2. The fourth-order valence-electron chi connectivity index (χ4n) is 3.06. The van der Waals surface area contributed by atoms with E-state index in [4.69, 9.17) is 0 Å². The normalized spacial score (nSPS) is 17.2. The fraction of sp³-hybridized carbons (Fsp3) is 0.211. The van der Waals surface area contributed by atoms with Gasteiger partial charge in [0.1, 0.15) is 11.5 Å². The van der Waals surface area contributed by atoms with Crippen LogP contribution in [0.15, 0.2) is 34.6 Å². The number of hydrogen-bond donors (Lipinski definition) is 4. The van der Waals surface area contributed by atoms with Gasteiger partial charge in [-0.2, -0.15) is 19.6 Å². The van der Waals surface area contributed by atoms with Gasteiger partial charge in [-0.1, -0.05) is 22.0 Å². The molecule has 4 N–H and O–H groups in total. The molecule has 3 aromatic rings. The van der Waals surface area contributed by atoms with Gasteiger partial charge >= 0.3 is 6.03 Å². The SMILES string of the molecule is O=C1NC(=O)/C(=C/c2cnn3c(NC4CC4)nc(NCc4ccc(F)cc4Br)nc23)N1. The molecule has 10 nitrogen and oxygen atoms in total. The lowest BCUT2D eigenvalue weighted by Gasteiger charge is -2.11. The van der Waals surface area contributed by atoms with Crippen LogP contribution in [0.4, 0.5) is 21.1 Å². The Balaban J connectivity index is 1.49. The van der Waals surface area contributed by atoms with Crippen molar-refractivity contribution in [1.82, 2.24) is 30.2 Å². The van der Waals surface area contributed by atoms with Crippen molar-refractivity contribution in [1.29, 1.82) is 0 Å². The first-order valence-electron chi connectivity index (χ1n) is 9.50. The summed E-state index contributed by atoms with van der Waals surface area (Å²) in [5, 5.41) is 15.4. The summed E-state index contributed by atoms with van der Waals surface area (Å²) in [5.41, 5.74) is 1.95. The molecule has 1 aliphatic heterocycles. The zero-order valence-electron chi connectivity index (χ0n) is 15.9. The van der Waals surface area contributed by atoms with Crippen LogP contribution in [0.5, 0.6) is 0 Å². The Kier molecular flexibility index (Phi) is 4.77. The molecule has 2 aromatic heterocycles. The molecule has 3 heterocycles. The lowest BCUT2D eigenvalue weighted by atomic mass is 10.2. The van der Waals surface area contributed by atoms with Crippen LogP contribution in [-0.2, 0) is 11.3 Å². The summed E-state index contributed by atoms with van der Waals surface area (Å²) < 4.78 is 15.5. The monoisotopic (exact) mass is 486 g/mol. The van der Waals surface area contributed by atoms with Crippen molar-refractivity contribution in [2.45, 2.75) is 25.4 Å². The maximum absolute atomic E-state index is 13.3. The van der Waals surface area contributed by atoms with Crippen molar-refractivity contribution in [3.05, 3.63) is 51.5 Å². The van der Waals surface area contributed by atoms with E-state index in [1.54, 1.807) is 16.8 Å². The van der Waals surface area contributed by atoms with Crippen LogP contribution < -0.4 is 21.3 Å². The van der Waals surface area contributed by atoms with Crippen molar-refractivity contribution in [2.75, 3.05) is 10.6 Å². The van der Waals surface area contributed by atoms with Gasteiger partial charge in [-0.3, -0.25) is 10.1 Å². The third kappa shape index (κ3) is 4.06. The second-order valence-electron chi connectivity index (χ2n) is 7.18. The molecule has 5 rings (SSSR count). The van der Waals surface area contributed by atoms with Gasteiger partial charge in [0.15, 0.2) is 5.65 Å². The van der Waals surface area contributed by atoms with Crippen LogP contribution in [0, 0.1) is 5.82 Å². The Labute approximate surface area is 183 Å². The highest BCUT2D eigenvalue weighted by molar-refractivity contribution is 9.10. The summed E-state index contributed by atoms with van der Waals surface area (Å²) in [4.78, 5) is 32.3. The summed E-state index contributed by atoms with van der Waals surface area (Å²) in [5.74, 6) is 0.00287. The second-order valence-corrected chi connectivity index (χ2v) is 8.03. The minimum absolute atomic E-state index is 0.111. The Morgan fingerprint density at radius 2 is 2.10 bits per heavy atom. The molecule has 0 bridgehead atoms. The highest BCUT2D eigenvalue weighted by Crippen LogP contribution is 2.26. The van der Waals surface area contributed by atoms with E-state index in [-0.39, 0.29) is 11.5 Å². The quantitative estimate of drug-likeness (QED) is 0.311. The standard InChI is InChI=1S/C19H16BrFN8O2/c20-13-6-11(21)2-1-9(13)7-22-17-26-15-10(5-14-16(30)27-19(31)25-14)8-23-29(15)18(28-17)24-12-3-4-12/h1-2,5-6,8,12H,3-4,7H2,(H2,22,24,26,28)(H2,25,27,30,31)/b14-5-. The summed E-state index contributed by atoms with van der Waals surface area (Å²) in [6.07, 6.45) is 5.15. The zero-order valence-corrected chi connectivity index (χ0v) is 17.5. The van der Waals surface area contributed by atoms with E-state index in [2.05, 4.69) is 52.3 Å². The number of benzene rings is 1. The van der Waals surface area contributed by atoms with E-state index in [1.807, 2.05) is 0 Å². The topological polar surface area (TPSA) is 125 Å². The Morgan fingerprint density at radius 3 is 2.81 bits per heavy atom. The molecule has 0 radical (unpaired) electrons. The van der Waals surface area contributed by atoms with Gasteiger partial charge in [-0.25, -0.2) is 9.18 Å². The molecule has 1 aromatic carbocycles. The Morgan fingerprint density at radius 1 is 1.26 bits per heavy atom. The number of amides is 3. The lowest BCUT2D eigenvalue weighted by Crippen LogP contribution is -2.22. The van der Waals surface area contributed by atoms with Crippen LogP contribution in [-0.4, -0.2) is 37.6 Å². The van der Waals surface area contributed by atoms with E-state index < -0.39 is 11.9 Å². The van der Waals surface area contributed by atoms with Crippen LogP contribution in [0.2, 0.25) is 0 Å². The molecular weight excluding hydrogens is 471 g/mol. The Bertz CT molecular complexity index is 1250. The van der Waals surface area contributed by atoms with Gasteiger partial charge in [0.2, 0.25) is 11.9 Å². The largest absolute Gasteiger partial charge is 0.351 e. The summed E-state index contributed by atoms with van der Waals surface area (Å²) in [6.45, 7) is 0.364. The van der Waals surface area contributed by atoms with Crippen LogP contribution in [0.3, 0.4) is 0 Å². The maximum Gasteiger partial charge on any atom is 0.326 e. The van der Waals surface area contributed by atoms with Crippen LogP contribution >= 0.6 is 15.9 Å². The molecule has 2 fully saturated rings. The number of carbonyl (C=O) groups is 2. The first-order valence-corrected chi connectivity index (χ1v) is 10.3. The van der Waals surface area contributed by atoms with E-state index in [0.717, 1.165) is 18.4 Å². The number of fused-ring (bicyclic) bond motifs is 1. The van der Waals surface area contributed by atoms with E-state index in [9.17, 15) is 14.0 Å². The summed E-state index contributed by atoms with van der Waals surface area (Å²) >= 11 is 3.35. The molecule has 0 atom stereocenters. The number of halogens is 2. The van der Waals surface area contributed by atoms with Gasteiger partial charge in [0.05, 0.1) is 6.20 Å². The van der Waals surface area contributed by atoms with Gasteiger partial charge in [0.25, 0.3) is 5.91 Å². The highest BCUT2D eigenvalue weighted by atomic mass is 79.9. The number of urea groups is 1. The first kappa shape index (κ1) is 19.4. The molecule has 1 aliphatic carbocycles. The number of carbonyl (C=O) groups excluding carboxylic acids is 2. The predicted molar refractivity (Wildman–Crippen MR) is 114 cm³/mol. The summed E-state index contributed by atoms with van der Waals surface area (Å²) in [6, 6.07) is 4.19. The number of nitrogens with zero attached hydrogens (tertiary/aromatic N) is 4. The molecular formula is C19H16BrFN8O2. The molecule has 3 amide bonds. The molecule has 1 saturated heterocycles. The summed E-state index contributed by atoms with van der Waals surface area (Å²) in [7, 11) is 0. The predicted octanol–water partition coefficient (Wildman–Crippen LogP) is 2.39. The van der Waals surface area contributed by atoms with Gasteiger partial charge in [-0.15, -0.1) is 0 Å². The number of nitrogens with one attached hydrogen (secondary N) is 4. The second kappa shape index (κ2) is 7.61. The smallest absolute Gasteiger partial charge is 0.326 e. The molecule has 158 valence electrons. The minimum atomic E-state index is -0.578. The third-order valence-corrected chi connectivity index (χ3v) is 5.52. The number of rotatable bonds is 6. The van der Waals surface area contributed by atoms with E-state index >= 15 is 0 Å². The lowest BCUT2D eigenvalue weighted by molar-refractivity contribution is -0.115. The van der Waals surface area contributed by atoms with Crippen molar-refractivity contribution in [2.24, 2.45) is 0 Å². The Hall–Kier alpha value is -3.54. The average molecular weight is 487 g/mol. The molecule has 0 spiro atoms. The molecule has 2 aliphatic rings. The van der Waals surface area contributed by atoms with Crippen LogP contribution in [0.1, 0.15) is 24.0 Å². The zero-order chi connectivity index (χ0) is 21.5. The van der Waals surface area contributed by atoms with Gasteiger partial charge < -0.3 is 16.0 Å². The van der Waals surface area contributed by atoms with Crippen molar-refractivity contribution >= 4 is 51.5 Å². The van der Waals surface area contributed by atoms with E-state index in [0.29, 0.717) is 40.2 Å². The number of aromatic nitrogens is 4. The number of imide groups is 1. The first-order chi connectivity index (χ1) is 15.0.